The Labute approximate surface area is 139 Å². The normalized spacial score (nSPS) is 12.3. The number of hydrogen-bond acceptors (Lipinski definition) is 2. The van der Waals surface area contributed by atoms with Crippen LogP contribution in [0.25, 0.3) is 0 Å². The van der Waals surface area contributed by atoms with Crippen LogP contribution in [0.2, 0.25) is 0 Å². The minimum absolute atomic E-state index is 0.124. The molecule has 0 N–H and O–H groups in total. The number of aromatic nitrogens is 2. The Balaban J connectivity index is 2.39. The molecule has 0 aliphatic carbocycles. The summed E-state index contributed by atoms with van der Waals surface area (Å²) in [5.41, 5.74) is 6.37. The highest BCUT2D eigenvalue weighted by molar-refractivity contribution is 5.98. The molecule has 2 rings (SSSR count). The molecule has 0 fully saturated rings. The lowest BCUT2D eigenvalue weighted by molar-refractivity contribution is -0.119. The van der Waals surface area contributed by atoms with Crippen LogP contribution in [0, 0.1) is 27.7 Å². The lowest BCUT2D eigenvalue weighted by Crippen LogP contribution is -2.35. The van der Waals surface area contributed by atoms with Crippen LogP contribution < -0.4 is 4.90 Å². The summed E-state index contributed by atoms with van der Waals surface area (Å²) >= 11 is 0. The summed E-state index contributed by atoms with van der Waals surface area (Å²) in [5, 5.41) is 4.45. The Hall–Kier alpha value is -2.10. The highest BCUT2D eigenvalue weighted by Gasteiger charge is 2.27. The van der Waals surface area contributed by atoms with Gasteiger partial charge in [0.1, 0.15) is 0 Å². The fourth-order valence-electron chi connectivity index (χ4n) is 3.33. The molecule has 1 atom stereocenters. The zero-order valence-electron chi connectivity index (χ0n) is 15.3. The Kier molecular flexibility index (Phi) is 4.93. The summed E-state index contributed by atoms with van der Waals surface area (Å²) in [6.45, 7) is 12.8. The number of hydrogen-bond donors (Lipinski definition) is 0. The molecule has 1 amide bonds. The van der Waals surface area contributed by atoms with E-state index >= 15 is 0 Å². The third kappa shape index (κ3) is 3.16. The van der Waals surface area contributed by atoms with Crippen molar-refractivity contribution in [2.24, 2.45) is 7.05 Å². The lowest BCUT2D eigenvalue weighted by atomic mass is 9.97. The lowest BCUT2D eigenvalue weighted by Gasteiger charge is -2.26. The van der Waals surface area contributed by atoms with Crippen LogP contribution in [0.15, 0.2) is 18.2 Å². The first-order valence-corrected chi connectivity index (χ1v) is 8.16. The van der Waals surface area contributed by atoms with E-state index in [0.29, 0.717) is 6.54 Å². The number of rotatable bonds is 4. The van der Waals surface area contributed by atoms with Gasteiger partial charge in [0.2, 0.25) is 5.91 Å². The van der Waals surface area contributed by atoms with Crippen molar-refractivity contribution < 1.29 is 4.79 Å². The molecule has 0 spiro atoms. The fraction of sp³-hybridized carbons (Fsp3) is 0.474. The van der Waals surface area contributed by atoms with Gasteiger partial charge in [0.15, 0.2) is 0 Å². The summed E-state index contributed by atoms with van der Waals surface area (Å²) in [5.74, 6) is -0.0805. The van der Waals surface area contributed by atoms with Crippen molar-refractivity contribution in [3.8, 4) is 0 Å². The number of carbonyl (C=O) groups excluding carboxylic acids is 1. The molecule has 0 bridgehead atoms. The highest BCUT2D eigenvalue weighted by atomic mass is 16.2. The first kappa shape index (κ1) is 17.3. The van der Waals surface area contributed by atoms with Crippen LogP contribution in [0.3, 0.4) is 0 Å². The van der Waals surface area contributed by atoms with Gasteiger partial charge in [0, 0.05) is 30.5 Å². The minimum atomic E-state index is -0.204. The molecule has 0 unspecified atom stereocenters. The highest BCUT2D eigenvalue weighted by Crippen LogP contribution is 2.28. The second kappa shape index (κ2) is 6.57. The number of likely N-dealkylation sites (N-methyl/N-ethyl adjacent to an activating group) is 1. The van der Waals surface area contributed by atoms with Gasteiger partial charge in [0.05, 0.1) is 11.6 Å². The van der Waals surface area contributed by atoms with Crippen molar-refractivity contribution in [1.82, 2.24) is 9.78 Å². The summed E-state index contributed by atoms with van der Waals surface area (Å²) in [6.07, 6.45) is 0. The van der Waals surface area contributed by atoms with Crippen LogP contribution in [-0.4, -0.2) is 22.2 Å². The molecule has 4 heteroatoms. The Morgan fingerprint density at radius 1 is 1.26 bits per heavy atom. The van der Waals surface area contributed by atoms with Gasteiger partial charge in [0.25, 0.3) is 0 Å². The van der Waals surface area contributed by atoms with Gasteiger partial charge in [-0.2, -0.15) is 5.10 Å². The standard InChI is InChI=1S/C19H27N3O/c1-8-22(17-10-9-12(2)11-13(17)3)19(23)14(4)18-15(5)20-21(7)16(18)6/h9-11,14H,8H2,1-7H3/t14-/m1/s1. The van der Waals surface area contributed by atoms with Crippen LogP contribution in [0.1, 0.15) is 47.8 Å². The smallest absolute Gasteiger partial charge is 0.234 e. The van der Waals surface area contributed by atoms with Gasteiger partial charge < -0.3 is 4.90 Å². The van der Waals surface area contributed by atoms with E-state index in [4.69, 9.17) is 0 Å². The molecule has 0 aliphatic rings. The predicted octanol–water partition coefficient (Wildman–Crippen LogP) is 3.81. The molecule has 0 aliphatic heterocycles. The quantitative estimate of drug-likeness (QED) is 0.861. The third-order valence-corrected chi connectivity index (χ3v) is 4.59. The number of anilines is 1. The molecule has 0 saturated heterocycles. The van der Waals surface area contributed by atoms with Crippen LogP contribution in [-0.2, 0) is 11.8 Å². The maximum absolute atomic E-state index is 13.1. The Morgan fingerprint density at radius 3 is 2.39 bits per heavy atom. The fourth-order valence-corrected chi connectivity index (χ4v) is 3.33. The summed E-state index contributed by atoms with van der Waals surface area (Å²) in [7, 11) is 1.92. The van der Waals surface area contributed by atoms with Gasteiger partial charge in [-0.15, -0.1) is 0 Å². The van der Waals surface area contributed by atoms with Crippen LogP contribution >= 0.6 is 0 Å². The molecule has 124 valence electrons. The number of nitrogens with zero attached hydrogens (tertiary/aromatic N) is 3. The second-order valence-corrected chi connectivity index (χ2v) is 6.30. The van der Waals surface area contributed by atoms with Gasteiger partial charge in [-0.1, -0.05) is 17.7 Å². The monoisotopic (exact) mass is 313 g/mol. The zero-order chi connectivity index (χ0) is 17.3. The Morgan fingerprint density at radius 2 is 1.91 bits per heavy atom. The van der Waals surface area contributed by atoms with Crippen molar-refractivity contribution in [2.75, 3.05) is 11.4 Å². The maximum atomic E-state index is 13.1. The zero-order valence-corrected chi connectivity index (χ0v) is 15.3. The summed E-state index contributed by atoms with van der Waals surface area (Å²) in [4.78, 5) is 15.0. The van der Waals surface area contributed by atoms with Gasteiger partial charge in [-0.05, 0) is 53.2 Å². The average Bonchev–Trinajstić information content (AvgIpc) is 2.74. The molecule has 1 heterocycles. The SMILES string of the molecule is CCN(C(=O)[C@H](C)c1c(C)nn(C)c1C)c1ccc(C)cc1C. The van der Waals surface area contributed by atoms with Crippen molar-refractivity contribution in [3.05, 3.63) is 46.3 Å². The maximum Gasteiger partial charge on any atom is 0.234 e. The molecule has 0 radical (unpaired) electrons. The molecule has 2 aromatic rings. The molecule has 1 aromatic heterocycles. The van der Waals surface area contributed by atoms with Crippen molar-refractivity contribution in [1.29, 1.82) is 0 Å². The van der Waals surface area contributed by atoms with E-state index in [2.05, 4.69) is 31.1 Å². The van der Waals surface area contributed by atoms with E-state index in [1.165, 1.54) is 5.56 Å². The molecule has 1 aromatic carbocycles. The number of carbonyl (C=O) groups is 1. The summed E-state index contributed by atoms with van der Waals surface area (Å²) < 4.78 is 1.85. The van der Waals surface area contributed by atoms with Crippen molar-refractivity contribution in [3.63, 3.8) is 0 Å². The van der Waals surface area contributed by atoms with Gasteiger partial charge in [-0.3, -0.25) is 9.48 Å². The van der Waals surface area contributed by atoms with Gasteiger partial charge in [-0.25, -0.2) is 0 Å². The van der Waals surface area contributed by atoms with E-state index in [1.54, 1.807) is 0 Å². The van der Waals surface area contributed by atoms with Gasteiger partial charge >= 0.3 is 0 Å². The molecule has 4 nitrogen and oxygen atoms in total. The van der Waals surface area contributed by atoms with E-state index < -0.39 is 0 Å². The van der Waals surface area contributed by atoms with Crippen LogP contribution in [0.4, 0.5) is 5.69 Å². The van der Waals surface area contributed by atoms with E-state index in [0.717, 1.165) is 28.2 Å². The van der Waals surface area contributed by atoms with E-state index in [9.17, 15) is 4.79 Å². The molecular weight excluding hydrogens is 286 g/mol. The number of benzene rings is 1. The first-order valence-electron chi connectivity index (χ1n) is 8.16. The summed E-state index contributed by atoms with van der Waals surface area (Å²) in [6, 6.07) is 6.22. The second-order valence-electron chi connectivity index (χ2n) is 6.30. The Bertz CT molecular complexity index is 730. The molecule has 23 heavy (non-hydrogen) atoms. The average molecular weight is 313 g/mol. The van der Waals surface area contributed by atoms with Crippen LogP contribution in [0.5, 0.6) is 0 Å². The first-order chi connectivity index (χ1) is 10.8. The topological polar surface area (TPSA) is 38.1 Å². The largest absolute Gasteiger partial charge is 0.312 e. The third-order valence-electron chi connectivity index (χ3n) is 4.59. The van der Waals surface area contributed by atoms with Crippen molar-refractivity contribution >= 4 is 11.6 Å². The molecular formula is C19H27N3O. The predicted molar refractivity (Wildman–Crippen MR) is 95.0 cm³/mol. The van der Waals surface area contributed by atoms with E-state index in [-0.39, 0.29) is 11.8 Å². The van der Waals surface area contributed by atoms with E-state index in [1.807, 2.05) is 50.4 Å². The van der Waals surface area contributed by atoms with Crippen molar-refractivity contribution in [2.45, 2.75) is 47.5 Å². The minimum Gasteiger partial charge on any atom is -0.312 e. The number of amides is 1. The number of aryl methyl sites for hydroxylation is 4. The molecule has 0 saturated carbocycles.